The Labute approximate surface area is 175 Å². The maximum atomic E-state index is 13.0. The van der Waals surface area contributed by atoms with E-state index in [4.69, 9.17) is 11.6 Å². The average molecular weight is 435 g/mol. The van der Waals surface area contributed by atoms with Gasteiger partial charge in [-0.2, -0.15) is 13.2 Å². The average Bonchev–Trinajstić information content (AvgIpc) is 2.63. The maximum absolute atomic E-state index is 13.0. The van der Waals surface area contributed by atoms with Gasteiger partial charge in [-0.05, 0) is 55.2 Å². The van der Waals surface area contributed by atoms with Gasteiger partial charge in [-0.15, -0.1) is 0 Å². The van der Waals surface area contributed by atoms with Crippen LogP contribution in [0, 0.1) is 0 Å². The van der Waals surface area contributed by atoms with Crippen LogP contribution in [0.3, 0.4) is 0 Å². The second-order valence-corrected chi connectivity index (χ2v) is 7.82. The Morgan fingerprint density at radius 3 is 2.57 bits per heavy atom. The maximum Gasteiger partial charge on any atom is 0.417 e. The van der Waals surface area contributed by atoms with Crippen molar-refractivity contribution in [3.63, 3.8) is 0 Å². The second kappa shape index (κ2) is 7.80. The minimum absolute atomic E-state index is 0.110. The molecule has 0 aliphatic heterocycles. The zero-order valence-electron chi connectivity index (χ0n) is 15.8. The van der Waals surface area contributed by atoms with E-state index in [1.54, 1.807) is 35.0 Å². The predicted molar refractivity (Wildman–Crippen MR) is 110 cm³/mol. The zero-order valence-corrected chi connectivity index (χ0v) is 16.6. The van der Waals surface area contributed by atoms with Crippen molar-refractivity contribution in [1.29, 1.82) is 0 Å². The van der Waals surface area contributed by atoms with Crippen molar-refractivity contribution in [1.82, 2.24) is 4.57 Å². The summed E-state index contributed by atoms with van der Waals surface area (Å²) in [6, 6.07) is 10.4. The van der Waals surface area contributed by atoms with Crippen LogP contribution in [0.15, 0.2) is 53.5 Å². The molecule has 0 atom stereocenters. The molecule has 4 nitrogen and oxygen atoms in total. The number of carbonyl (C=O) groups excluding carboxylic acids is 1. The number of fused-ring (bicyclic) bond motifs is 1. The lowest BCUT2D eigenvalue weighted by molar-refractivity contribution is -0.137. The molecule has 1 amide bonds. The molecule has 1 aliphatic carbocycles. The van der Waals surface area contributed by atoms with Gasteiger partial charge in [0.15, 0.2) is 0 Å². The highest BCUT2D eigenvalue weighted by Gasteiger charge is 2.33. The topological polar surface area (TPSA) is 51.1 Å². The van der Waals surface area contributed by atoms with Gasteiger partial charge in [0, 0.05) is 28.7 Å². The van der Waals surface area contributed by atoms with Gasteiger partial charge in [0.1, 0.15) is 0 Å². The standard InChI is InChI=1S/C22H18ClF3N2O2/c23-18-8-7-13(11-17(18)22(24,25)26)12-20(29)27-19-6-2-5-16-15(19)9-10-28(21(16)30)14-3-1-4-14/h2,5-11,14H,1,3-4,12H2,(H,27,29). The molecular formula is C22H18ClF3N2O2. The van der Waals surface area contributed by atoms with E-state index in [9.17, 15) is 22.8 Å². The highest BCUT2D eigenvalue weighted by atomic mass is 35.5. The highest BCUT2D eigenvalue weighted by molar-refractivity contribution is 6.31. The number of pyridine rings is 1. The molecule has 1 aromatic heterocycles. The summed E-state index contributed by atoms with van der Waals surface area (Å²) in [5, 5.41) is 3.38. The van der Waals surface area contributed by atoms with Gasteiger partial charge in [-0.25, -0.2) is 0 Å². The van der Waals surface area contributed by atoms with Gasteiger partial charge >= 0.3 is 6.18 Å². The molecule has 156 valence electrons. The van der Waals surface area contributed by atoms with E-state index in [0.717, 1.165) is 31.4 Å². The van der Waals surface area contributed by atoms with Crippen LogP contribution >= 0.6 is 11.6 Å². The summed E-state index contributed by atoms with van der Waals surface area (Å²) in [5.41, 5.74) is -0.450. The van der Waals surface area contributed by atoms with Crippen LogP contribution in [0.5, 0.6) is 0 Å². The lowest BCUT2D eigenvalue weighted by Gasteiger charge is -2.27. The Kier molecular flexibility index (Phi) is 5.32. The molecule has 0 unspecified atom stereocenters. The van der Waals surface area contributed by atoms with Crippen molar-refractivity contribution >= 4 is 34.0 Å². The summed E-state index contributed by atoms with van der Waals surface area (Å²) in [6.45, 7) is 0. The van der Waals surface area contributed by atoms with Crippen LogP contribution in [0.4, 0.5) is 18.9 Å². The fraction of sp³-hybridized carbons (Fsp3) is 0.273. The summed E-state index contributed by atoms with van der Waals surface area (Å²) < 4.78 is 40.8. The van der Waals surface area contributed by atoms with E-state index in [1.807, 2.05) is 0 Å². The molecule has 2 aromatic carbocycles. The Balaban J connectivity index is 1.58. The van der Waals surface area contributed by atoms with Crippen LogP contribution in [0.2, 0.25) is 5.02 Å². The number of carbonyl (C=O) groups is 1. The van der Waals surface area contributed by atoms with Gasteiger partial charge < -0.3 is 9.88 Å². The van der Waals surface area contributed by atoms with Crippen molar-refractivity contribution in [2.75, 3.05) is 5.32 Å². The van der Waals surface area contributed by atoms with Gasteiger partial charge in [-0.3, -0.25) is 9.59 Å². The highest BCUT2D eigenvalue weighted by Crippen LogP contribution is 2.35. The fourth-order valence-corrected chi connectivity index (χ4v) is 3.86. The van der Waals surface area contributed by atoms with Crippen molar-refractivity contribution < 1.29 is 18.0 Å². The molecule has 1 fully saturated rings. The van der Waals surface area contributed by atoms with E-state index in [1.165, 1.54) is 6.07 Å². The number of nitrogens with one attached hydrogen (secondary N) is 1. The van der Waals surface area contributed by atoms with E-state index in [-0.39, 0.29) is 23.6 Å². The molecule has 0 saturated heterocycles. The van der Waals surface area contributed by atoms with Crippen molar-refractivity contribution in [2.45, 2.75) is 37.9 Å². The van der Waals surface area contributed by atoms with Gasteiger partial charge in [0.05, 0.1) is 17.0 Å². The molecule has 1 aliphatic rings. The lowest BCUT2D eigenvalue weighted by Crippen LogP contribution is -2.28. The van der Waals surface area contributed by atoms with Crippen LogP contribution in [0.1, 0.15) is 36.4 Å². The Hall–Kier alpha value is -2.80. The summed E-state index contributed by atoms with van der Waals surface area (Å²) in [4.78, 5) is 25.3. The molecule has 1 N–H and O–H groups in total. The fourth-order valence-electron chi connectivity index (χ4n) is 3.63. The first-order chi connectivity index (χ1) is 14.2. The minimum Gasteiger partial charge on any atom is -0.325 e. The minimum atomic E-state index is -4.60. The Bertz CT molecular complexity index is 1180. The molecule has 0 bridgehead atoms. The van der Waals surface area contributed by atoms with Crippen LogP contribution in [-0.2, 0) is 17.4 Å². The van der Waals surface area contributed by atoms with Crippen molar-refractivity contribution in [2.24, 2.45) is 0 Å². The largest absolute Gasteiger partial charge is 0.417 e. The molecule has 4 rings (SSSR count). The van der Waals surface area contributed by atoms with Crippen molar-refractivity contribution in [3.05, 3.63) is 75.2 Å². The smallest absolute Gasteiger partial charge is 0.325 e. The number of alkyl halides is 3. The monoisotopic (exact) mass is 434 g/mol. The molecule has 30 heavy (non-hydrogen) atoms. The van der Waals surface area contributed by atoms with Gasteiger partial charge in [0.25, 0.3) is 5.56 Å². The lowest BCUT2D eigenvalue weighted by atomic mass is 9.92. The number of anilines is 1. The Morgan fingerprint density at radius 2 is 1.90 bits per heavy atom. The molecule has 1 heterocycles. The number of hydrogen-bond donors (Lipinski definition) is 1. The summed E-state index contributed by atoms with van der Waals surface area (Å²) in [5.74, 6) is -0.485. The van der Waals surface area contributed by atoms with Crippen LogP contribution < -0.4 is 10.9 Å². The number of rotatable bonds is 4. The number of hydrogen-bond acceptors (Lipinski definition) is 2. The van der Waals surface area contributed by atoms with Crippen LogP contribution in [0.25, 0.3) is 10.8 Å². The first kappa shape index (κ1) is 20.5. The number of amides is 1. The Morgan fingerprint density at radius 1 is 1.13 bits per heavy atom. The van der Waals surface area contributed by atoms with E-state index in [2.05, 4.69) is 5.32 Å². The number of aromatic nitrogens is 1. The SMILES string of the molecule is O=C(Cc1ccc(Cl)c(C(F)(F)F)c1)Nc1cccc2c(=O)n(C3CCC3)ccc12. The first-order valence-electron chi connectivity index (χ1n) is 9.53. The number of halogens is 4. The third kappa shape index (κ3) is 3.94. The molecule has 1 saturated carbocycles. The van der Waals surface area contributed by atoms with Crippen molar-refractivity contribution in [3.8, 4) is 0 Å². The third-order valence-electron chi connectivity index (χ3n) is 5.42. The number of nitrogens with zero attached hydrogens (tertiary/aromatic N) is 1. The molecule has 3 aromatic rings. The van der Waals surface area contributed by atoms with Crippen LogP contribution in [-0.4, -0.2) is 10.5 Å². The second-order valence-electron chi connectivity index (χ2n) is 7.42. The zero-order chi connectivity index (χ0) is 21.5. The summed E-state index contributed by atoms with van der Waals surface area (Å²) in [6.07, 6.45) is -0.0635. The van der Waals surface area contributed by atoms with Gasteiger partial charge in [0.2, 0.25) is 5.91 Å². The predicted octanol–water partition coefficient (Wildman–Crippen LogP) is 5.58. The molecule has 0 spiro atoms. The number of benzene rings is 2. The van der Waals surface area contributed by atoms with E-state index >= 15 is 0 Å². The summed E-state index contributed by atoms with van der Waals surface area (Å²) >= 11 is 5.62. The third-order valence-corrected chi connectivity index (χ3v) is 5.75. The quantitative estimate of drug-likeness (QED) is 0.582. The van der Waals surface area contributed by atoms with E-state index < -0.39 is 22.7 Å². The molecule has 8 heteroatoms. The molecule has 0 radical (unpaired) electrons. The van der Waals surface area contributed by atoms with Gasteiger partial charge in [-0.1, -0.05) is 23.7 Å². The normalized spacial score (nSPS) is 14.5. The van der Waals surface area contributed by atoms with E-state index in [0.29, 0.717) is 16.5 Å². The first-order valence-corrected chi connectivity index (χ1v) is 9.91. The molecular weight excluding hydrogens is 417 g/mol. The summed E-state index contributed by atoms with van der Waals surface area (Å²) in [7, 11) is 0.